The quantitative estimate of drug-likeness (QED) is 0.392. The van der Waals surface area contributed by atoms with Crippen molar-refractivity contribution < 1.29 is 18.3 Å². The molecule has 3 aromatic carbocycles. The molecular weight excluding hydrogens is 395 g/mol. The molecule has 1 amide bonds. The van der Waals surface area contributed by atoms with E-state index in [1.807, 2.05) is 43.3 Å². The highest BCUT2D eigenvalue weighted by atomic mass is 19.1. The molecule has 0 aliphatic carbocycles. The Bertz CT molecular complexity index is 1170. The molecule has 0 unspecified atom stereocenters. The smallest absolute Gasteiger partial charge is 0.224 e. The van der Waals surface area contributed by atoms with Gasteiger partial charge < -0.3 is 14.5 Å². The number of carbonyl (C=O) groups excluding carboxylic acids is 1. The lowest BCUT2D eigenvalue weighted by Crippen LogP contribution is -2.13. The van der Waals surface area contributed by atoms with E-state index in [2.05, 4.69) is 10.3 Å². The number of amides is 1. The SMILES string of the molecule is Cc1ccc(Oc2ccccc2NC(=O)CCc2ncc(-c3ccc(F)cc3)o2)cc1. The van der Waals surface area contributed by atoms with Gasteiger partial charge in [-0.25, -0.2) is 9.37 Å². The Balaban J connectivity index is 1.36. The summed E-state index contributed by atoms with van der Waals surface area (Å²) in [7, 11) is 0. The predicted molar refractivity (Wildman–Crippen MR) is 117 cm³/mol. The number of hydrogen-bond donors (Lipinski definition) is 1. The number of hydrogen-bond acceptors (Lipinski definition) is 4. The third-order valence-electron chi connectivity index (χ3n) is 4.66. The van der Waals surface area contributed by atoms with Crippen molar-refractivity contribution in [3.8, 4) is 22.8 Å². The van der Waals surface area contributed by atoms with Crippen molar-refractivity contribution in [1.82, 2.24) is 4.98 Å². The number of ether oxygens (including phenoxy) is 1. The summed E-state index contributed by atoms with van der Waals surface area (Å²) in [5.41, 5.74) is 2.46. The summed E-state index contributed by atoms with van der Waals surface area (Å²) in [6.45, 7) is 2.01. The lowest BCUT2D eigenvalue weighted by Gasteiger charge is -2.12. The van der Waals surface area contributed by atoms with Crippen molar-refractivity contribution in [3.05, 3.63) is 96.3 Å². The molecule has 6 heteroatoms. The second-order valence-electron chi connectivity index (χ2n) is 7.08. The highest BCUT2D eigenvalue weighted by Crippen LogP contribution is 2.29. The molecule has 31 heavy (non-hydrogen) atoms. The van der Waals surface area contributed by atoms with Crippen molar-refractivity contribution in [3.63, 3.8) is 0 Å². The molecule has 0 aliphatic rings. The number of nitrogens with zero attached hydrogens (tertiary/aromatic N) is 1. The number of nitrogens with one attached hydrogen (secondary N) is 1. The average Bonchev–Trinajstić information content (AvgIpc) is 3.25. The van der Waals surface area contributed by atoms with Gasteiger partial charge in [0, 0.05) is 18.4 Å². The molecule has 1 N–H and O–H groups in total. The monoisotopic (exact) mass is 416 g/mol. The zero-order valence-electron chi connectivity index (χ0n) is 17.0. The molecule has 0 atom stereocenters. The highest BCUT2D eigenvalue weighted by molar-refractivity contribution is 5.92. The van der Waals surface area contributed by atoms with Crippen LogP contribution in [0.15, 0.2) is 83.4 Å². The van der Waals surface area contributed by atoms with E-state index < -0.39 is 0 Å². The Kier molecular flexibility index (Phi) is 6.08. The fourth-order valence-corrected chi connectivity index (χ4v) is 3.00. The van der Waals surface area contributed by atoms with E-state index in [9.17, 15) is 9.18 Å². The molecule has 1 aromatic heterocycles. The normalized spacial score (nSPS) is 10.6. The lowest BCUT2D eigenvalue weighted by molar-refractivity contribution is -0.116. The Labute approximate surface area is 179 Å². The number of halogens is 1. The molecule has 5 nitrogen and oxygen atoms in total. The van der Waals surface area contributed by atoms with Gasteiger partial charge >= 0.3 is 0 Å². The summed E-state index contributed by atoms with van der Waals surface area (Å²) in [6, 6.07) is 20.9. The van der Waals surface area contributed by atoms with Crippen molar-refractivity contribution >= 4 is 11.6 Å². The second kappa shape index (κ2) is 9.26. The van der Waals surface area contributed by atoms with Crippen LogP contribution in [0, 0.1) is 12.7 Å². The molecule has 0 spiro atoms. The van der Waals surface area contributed by atoms with Gasteiger partial charge in [-0.2, -0.15) is 0 Å². The van der Waals surface area contributed by atoms with Crippen LogP contribution in [0.25, 0.3) is 11.3 Å². The Morgan fingerprint density at radius 2 is 1.77 bits per heavy atom. The van der Waals surface area contributed by atoms with E-state index in [0.717, 1.165) is 11.1 Å². The Hall–Kier alpha value is -3.93. The fraction of sp³-hybridized carbons (Fsp3) is 0.120. The maximum atomic E-state index is 13.1. The topological polar surface area (TPSA) is 64.4 Å². The van der Waals surface area contributed by atoms with Crippen molar-refractivity contribution in [2.45, 2.75) is 19.8 Å². The average molecular weight is 416 g/mol. The van der Waals surface area contributed by atoms with Gasteiger partial charge in [-0.3, -0.25) is 4.79 Å². The summed E-state index contributed by atoms with van der Waals surface area (Å²) in [5, 5.41) is 2.88. The van der Waals surface area contributed by atoms with E-state index in [0.29, 0.717) is 35.3 Å². The van der Waals surface area contributed by atoms with Crippen molar-refractivity contribution in [1.29, 1.82) is 0 Å². The largest absolute Gasteiger partial charge is 0.455 e. The number of aryl methyl sites for hydroxylation is 2. The number of benzene rings is 3. The first-order chi connectivity index (χ1) is 15.1. The number of oxazole rings is 1. The van der Waals surface area contributed by atoms with Gasteiger partial charge in [-0.15, -0.1) is 0 Å². The van der Waals surface area contributed by atoms with Gasteiger partial charge in [0.05, 0.1) is 11.9 Å². The van der Waals surface area contributed by atoms with Gasteiger partial charge in [0.25, 0.3) is 0 Å². The van der Waals surface area contributed by atoms with Gasteiger partial charge in [-0.05, 0) is 55.5 Å². The first kappa shape index (κ1) is 20.3. The molecule has 0 radical (unpaired) electrons. The number of rotatable bonds is 7. The molecule has 156 valence electrons. The molecule has 4 rings (SSSR count). The summed E-state index contributed by atoms with van der Waals surface area (Å²) in [5.74, 6) is 1.74. The van der Waals surface area contributed by atoms with E-state index in [-0.39, 0.29) is 18.1 Å². The fourth-order valence-electron chi connectivity index (χ4n) is 3.00. The van der Waals surface area contributed by atoms with Crippen LogP contribution in [0.4, 0.5) is 10.1 Å². The van der Waals surface area contributed by atoms with E-state index in [1.54, 1.807) is 30.5 Å². The third-order valence-corrected chi connectivity index (χ3v) is 4.66. The van der Waals surface area contributed by atoms with Gasteiger partial charge in [-0.1, -0.05) is 29.8 Å². The van der Waals surface area contributed by atoms with Crippen LogP contribution in [-0.4, -0.2) is 10.9 Å². The minimum atomic E-state index is -0.313. The molecule has 0 fully saturated rings. The second-order valence-corrected chi connectivity index (χ2v) is 7.08. The van der Waals surface area contributed by atoms with E-state index >= 15 is 0 Å². The maximum absolute atomic E-state index is 13.1. The van der Waals surface area contributed by atoms with Crippen molar-refractivity contribution in [2.75, 3.05) is 5.32 Å². The number of anilines is 1. The summed E-state index contributed by atoms with van der Waals surface area (Å²) < 4.78 is 24.7. The lowest BCUT2D eigenvalue weighted by atomic mass is 10.2. The highest BCUT2D eigenvalue weighted by Gasteiger charge is 2.12. The summed E-state index contributed by atoms with van der Waals surface area (Å²) >= 11 is 0. The number of para-hydroxylation sites is 2. The van der Waals surface area contributed by atoms with E-state index in [1.165, 1.54) is 12.1 Å². The van der Waals surface area contributed by atoms with Crippen LogP contribution in [0.2, 0.25) is 0 Å². The van der Waals surface area contributed by atoms with Crippen LogP contribution in [0.1, 0.15) is 17.9 Å². The minimum Gasteiger partial charge on any atom is -0.455 e. The molecule has 1 heterocycles. The van der Waals surface area contributed by atoms with Crippen LogP contribution >= 0.6 is 0 Å². The van der Waals surface area contributed by atoms with Crippen LogP contribution < -0.4 is 10.1 Å². The van der Waals surface area contributed by atoms with Gasteiger partial charge in [0.1, 0.15) is 11.6 Å². The summed E-state index contributed by atoms with van der Waals surface area (Å²) in [6.07, 6.45) is 2.11. The predicted octanol–water partition coefficient (Wildman–Crippen LogP) is 6.15. The van der Waals surface area contributed by atoms with Crippen LogP contribution in [0.3, 0.4) is 0 Å². The van der Waals surface area contributed by atoms with Crippen LogP contribution in [-0.2, 0) is 11.2 Å². The minimum absolute atomic E-state index is 0.179. The van der Waals surface area contributed by atoms with Crippen molar-refractivity contribution in [2.24, 2.45) is 0 Å². The first-order valence-electron chi connectivity index (χ1n) is 9.91. The standard InChI is InChI=1S/C25H21FN2O3/c1-17-6-12-20(13-7-17)30-22-5-3-2-4-21(22)28-24(29)14-15-25-27-16-23(31-25)18-8-10-19(26)11-9-18/h2-13,16H,14-15H2,1H3,(H,28,29). The molecular formula is C25H21FN2O3. The first-order valence-corrected chi connectivity index (χ1v) is 9.91. The van der Waals surface area contributed by atoms with Crippen LogP contribution in [0.5, 0.6) is 11.5 Å². The zero-order chi connectivity index (χ0) is 21.6. The molecule has 0 saturated heterocycles. The Morgan fingerprint density at radius 3 is 2.55 bits per heavy atom. The molecule has 0 aliphatic heterocycles. The number of aromatic nitrogens is 1. The zero-order valence-corrected chi connectivity index (χ0v) is 17.0. The van der Waals surface area contributed by atoms with Gasteiger partial charge in [0.15, 0.2) is 17.4 Å². The maximum Gasteiger partial charge on any atom is 0.224 e. The molecule has 0 bridgehead atoms. The molecule has 0 saturated carbocycles. The van der Waals surface area contributed by atoms with E-state index in [4.69, 9.17) is 9.15 Å². The number of carbonyl (C=O) groups is 1. The Morgan fingerprint density at radius 1 is 1.03 bits per heavy atom. The summed E-state index contributed by atoms with van der Waals surface area (Å²) in [4.78, 5) is 16.7. The van der Waals surface area contributed by atoms with Gasteiger partial charge in [0.2, 0.25) is 5.91 Å². The third kappa shape index (κ3) is 5.36. The molecule has 4 aromatic rings.